The number of aromatic nitrogens is 3. The Kier molecular flexibility index (Phi) is 4.59. The molecule has 1 aromatic rings. The van der Waals surface area contributed by atoms with Gasteiger partial charge < -0.3 is 15.4 Å². The minimum atomic E-state index is -0.298. The van der Waals surface area contributed by atoms with Crippen LogP contribution in [-0.4, -0.2) is 40.1 Å². The van der Waals surface area contributed by atoms with E-state index in [0.29, 0.717) is 12.5 Å². The van der Waals surface area contributed by atoms with Gasteiger partial charge in [0.1, 0.15) is 0 Å². The van der Waals surface area contributed by atoms with Crippen molar-refractivity contribution in [3.63, 3.8) is 0 Å². The topological polar surface area (TPSA) is 94.2 Å². The molecular weight excluding hydrogens is 282 g/mol. The summed E-state index contributed by atoms with van der Waals surface area (Å²) in [6, 6.07) is 0.191. The molecule has 0 bridgehead atoms. The van der Waals surface area contributed by atoms with Crippen LogP contribution in [0.1, 0.15) is 26.7 Å². The van der Waals surface area contributed by atoms with Crippen LogP contribution in [0.15, 0.2) is 0 Å². The summed E-state index contributed by atoms with van der Waals surface area (Å²) in [6.45, 7) is 5.00. The summed E-state index contributed by atoms with van der Waals surface area (Å²) in [6.07, 6.45) is 1.60. The van der Waals surface area contributed by atoms with Gasteiger partial charge in [-0.25, -0.2) is 0 Å². The van der Waals surface area contributed by atoms with Gasteiger partial charge in [0.15, 0.2) is 0 Å². The largest absolute Gasteiger partial charge is 0.461 e. The van der Waals surface area contributed by atoms with Crippen molar-refractivity contribution in [2.24, 2.45) is 11.7 Å². The zero-order chi connectivity index (χ0) is 14.7. The lowest BCUT2D eigenvalue weighted by molar-refractivity contribution is -0.122. The molecule has 2 N–H and O–H groups in total. The van der Waals surface area contributed by atoms with Crippen molar-refractivity contribution in [2.75, 3.05) is 18.0 Å². The molecule has 0 aromatic carbocycles. The Labute approximate surface area is 122 Å². The summed E-state index contributed by atoms with van der Waals surface area (Å²) in [5.74, 6) is -0.0612. The predicted octanol–water partition coefficient (Wildman–Crippen LogP) is 1.01. The monoisotopic (exact) mass is 299 g/mol. The molecule has 0 saturated carbocycles. The summed E-state index contributed by atoms with van der Waals surface area (Å²) >= 11 is 5.89. The van der Waals surface area contributed by atoms with E-state index in [-0.39, 0.29) is 29.2 Å². The minimum Gasteiger partial charge on any atom is -0.461 e. The lowest BCUT2D eigenvalue weighted by Crippen LogP contribution is -2.42. The van der Waals surface area contributed by atoms with Crippen LogP contribution >= 0.6 is 11.6 Å². The van der Waals surface area contributed by atoms with E-state index in [1.165, 1.54) is 0 Å². The van der Waals surface area contributed by atoms with Gasteiger partial charge in [-0.15, -0.1) is 0 Å². The number of ether oxygens (including phenoxy) is 1. The average molecular weight is 300 g/mol. The normalized spacial score (nSPS) is 19.2. The summed E-state index contributed by atoms with van der Waals surface area (Å²) in [5.41, 5.74) is 5.36. The maximum absolute atomic E-state index is 11.3. The third-order valence-corrected chi connectivity index (χ3v) is 3.19. The second-order valence-electron chi connectivity index (χ2n) is 5.04. The van der Waals surface area contributed by atoms with Crippen LogP contribution in [0, 0.1) is 5.92 Å². The summed E-state index contributed by atoms with van der Waals surface area (Å²) in [5, 5.41) is 0.0758. The number of rotatable bonds is 4. The first-order valence-corrected chi connectivity index (χ1v) is 6.96. The zero-order valence-electron chi connectivity index (χ0n) is 11.5. The van der Waals surface area contributed by atoms with Gasteiger partial charge in [0.25, 0.3) is 0 Å². The van der Waals surface area contributed by atoms with Gasteiger partial charge in [0, 0.05) is 13.1 Å². The Morgan fingerprint density at radius 3 is 2.85 bits per heavy atom. The Morgan fingerprint density at radius 2 is 2.20 bits per heavy atom. The van der Waals surface area contributed by atoms with Gasteiger partial charge in [0.05, 0.1) is 12.0 Å². The standard InChI is InChI=1S/C12H18ClN5O2/c1-7(2)20-12-16-10(13)15-11(17-12)18-5-3-4-8(6-18)9(14)19/h7-8H,3-6H2,1-2H3,(H2,14,19). The quantitative estimate of drug-likeness (QED) is 0.892. The molecule has 20 heavy (non-hydrogen) atoms. The summed E-state index contributed by atoms with van der Waals surface area (Å²) in [4.78, 5) is 25.4. The number of carbonyl (C=O) groups is 1. The highest BCUT2D eigenvalue weighted by Crippen LogP contribution is 2.22. The lowest BCUT2D eigenvalue weighted by Gasteiger charge is -2.31. The number of hydrogen-bond acceptors (Lipinski definition) is 6. The maximum atomic E-state index is 11.3. The first-order chi connectivity index (χ1) is 9.45. The van der Waals surface area contributed by atoms with Crippen molar-refractivity contribution in [2.45, 2.75) is 32.8 Å². The molecule has 0 radical (unpaired) electrons. The van der Waals surface area contributed by atoms with Crippen molar-refractivity contribution < 1.29 is 9.53 Å². The Bertz CT molecular complexity index is 497. The maximum Gasteiger partial charge on any atom is 0.322 e. The van der Waals surface area contributed by atoms with Crippen LogP contribution in [0.5, 0.6) is 6.01 Å². The van der Waals surface area contributed by atoms with Crippen LogP contribution in [0.2, 0.25) is 5.28 Å². The molecule has 1 amide bonds. The van der Waals surface area contributed by atoms with E-state index in [9.17, 15) is 4.79 Å². The number of carbonyl (C=O) groups excluding carboxylic acids is 1. The van der Waals surface area contributed by atoms with E-state index in [1.54, 1.807) is 0 Å². The van der Waals surface area contributed by atoms with E-state index in [2.05, 4.69) is 15.0 Å². The van der Waals surface area contributed by atoms with Crippen LogP contribution in [-0.2, 0) is 4.79 Å². The molecule has 110 valence electrons. The van der Waals surface area contributed by atoms with Gasteiger partial charge in [-0.2, -0.15) is 15.0 Å². The molecule has 8 heteroatoms. The fourth-order valence-corrected chi connectivity index (χ4v) is 2.27. The number of primary amides is 1. The van der Waals surface area contributed by atoms with E-state index >= 15 is 0 Å². The fraction of sp³-hybridized carbons (Fsp3) is 0.667. The second kappa shape index (κ2) is 6.21. The van der Waals surface area contributed by atoms with E-state index in [1.807, 2.05) is 18.7 Å². The zero-order valence-corrected chi connectivity index (χ0v) is 12.3. The Balaban J connectivity index is 2.18. The van der Waals surface area contributed by atoms with Gasteiger partial charge in [-0.1, -0.05) is 0 Å². The molecule has 0 spiro atoms. The van der Waals surface area contributed by atoms with Crippen molar-refractivity contribution in [1.29, 1.82) is 0 Å². The van der Waals surface area contributed by atoms with Crippen molar-refractivity contribution in [1.82, 2.24) is 15.0 Å². The smallest absolute Gasteiger partial charge is 0.322 e. The number of amides is 1. The third kappa shape index (κ3) is 3.69. The van der Waals surface area contributed by atoms with Gasteiger partial charge in [-0.05, 0) is 38.3 Å². The molecule has 1 aliphatic rings. The molecule has 1 unspecified atom stereocenters. The van der Waals surface area contributed by atoms with Gasteiger partial charge in [0.2, 0.25) is 17.1 Å². The molecule has 2 heterocycles. The highest BCUT2D eigenvalue weighted by Gasteiger charge is 2.26. The second-order valence-corrected chi connectivity index (χ2v) is 5.38. The van der Waals surface area contributed by atoms with E-state index < -0.39 is 0 Å². The molecule has 7 nitrogen and oxygen atoms in total. The Hall–Kier alpha value is -1.63. The van der Waals surface area contributed by atoms with Crippen molar-refractivity contribution in [3.05, 3.63) is 5.28 Å². The third-order valence-electron chi connectivity index (χ3n) is 3.02. The first kappa shape index (κ1) is 14.8. The number of nitrogens with zero attached hydrogens (tertiary/aromatic N) is 4. The molecular formula is C12H18ClN5O2. The predicted molar refractivity (Wildman–Crippen MR) is 74.7 cm³/mol. The summed E-state index contributed by atoms with van der Waals surface area (Å²) < 4.78 is 5.44. The van der Waals surface area contributed by atoms with Crippen LogP contribution in [0.25, 0.3) is 0 Å². The Morgan fingerprint density at radius 1 is 1.45 bits per heavy atom. The SMILES string of the molecule is CC(C)Oc1nc(Cl)nc(N2CCCC(C(N)=O)C2)n1. The molecule has 1 atom stereocenters. The highest BCUT2D eigenvalue weighted by atomic mass is 35.5. The molecule has 1 fully saturated rings. The number of halogens is 1. The molecule has 1 saturated heterocycles. The van der Waals surface area contributed by atoms with Crippen LogP contribution < -0.4 is 15.4 Å². The van der Waals surface area contributed by atoms with Crippen LogP contribution in [0.4, 0.5) is 5.95 Å². The number of hydrogen-bond donors (Lipinski definition) is 1. The fourth-order valence-electron chi connectivity index (χ4n) is 2.12. The lowest BCUT2D eigenvalue weighted by atomic mass is 9.98. The molecule has 2 rings (SSSR count). The van der Waals surface area contributed by atoms with Crippen LogP contribution in [0.3, 0.4) is 0 Å². The molecule has 0 aliphatic carbocycles. The van der Waals surface area contributed by atoms with E-state index in [4.69, 9.17) is 22.1 Å². The molecule has 1 aromatic heterocycles. The number of nitrogens with two attached hydrogens (primary N) is 1. The number of anilines is 1. The first-order valence-electron chi connectivity index (χ1n) is 6.58. The average Bonchev–Trinajstić information content (AvgIpc) is 2.37. The van der Waals surface area contributed by atoms with Crippen molar-refractivity contribution in [3.8, 4) is 6.01 Å². The number of piperidine rings is 1. The van der Waals surface area contributed by atoms with E-state index in [0.717, 1.165) is 19.4 Å². The van der Waals surface area contributed by atoms with Crippen molar-refractivity contribution >= 4 is 23.5 Å². The summed E-state index contributed by atoms with van der Waals surface area (Å²) in [7, 11) is 0. The highest BCUT2D eigenvalue weighted by molar-refractivity contribution is 6.28. The van der Waals surface area contributed by atoms with Gasteiger partial charge in [-0.3, -0.25) is 4.79 Å². The van der Waals surface area contributed by atoms with Gasteiger partial charge >= 0.3 is 6.01 Å². The molecule has 1 aliphatic heterocycles. The minimum absolute atomic E-state index is 0.0546.